The van der Waals surface area contributed by atoms with Crippen molar-refractivity contribution in [1.82, 2.24) is 10.1 Å². The van der Waals surface area contributed by atoms with Gasteiger partial charge in [0.1, 0.15) is 17.2 Å². The van der Waals surface area contributed by atoms with Crippen LogP contribution in [0.2, 0.25) is 0 Å². The van der Waals surface area contributed by atoms with Gasteiger partial charge in [-0.1, -0.05) is 47.1 Å². The predicted molar refractivity (Wildman–Crippen MR) is 114 cm³/mol. The van der Waals surface area contributed by atoms with E-state index in [-0.39, 0.29) is 0 Å². The van der Waals surface area contributed by atoms with Gasteiger partial charge in [0, 0.05) is 29.6 Å². The first kappa shape index (κ1) is 18.4. The van der Waals surface area contributed by atoms with Crippen molar-refractivity contribution in [2.45, 2.75) is 50.1 Å². The first-order chi connectivity index (χ1) is 14.1. The van der Waals surface area contributed by atoms with Crippen molar-refractivity contribution in [3.8, 4) is 17.0 Å². The highest BCUT2D eigenvalue weighted by Crippen LogP contribution is 2.51. The number of ether oxygens (including phenoxy) is 1. The Balaban J connectivity index is 1.51. The minimum Gasteiger partial charge on any atom is -0.497 e. The van der Waals surface area contributed by atoms with Gasteiger partial charge in [-0.2, -0.15) is 0 Å². The van der Waals surface area contributed by atoms with Gasteiger partial charge in [0.05, 0.1) is 7.11 Å². The number of aromatic nitrogens is 1. The summed E-state index contributed by atoms with van der Waals surface area (Å²) >= 11 is 0. The van der Waals surface area contributed by atoms with E-state index >= 15 is 0 Å². The van der Waals surface area contributed by atoms with Crippen molar-refractivity contribution < 1.29 is 9.26 Å². The molecule has 150 valence electrons. The molecule has 3 heterocycles. The molecular weight excluding hydrogens is 360 g/mol. The van der Waals surface area contributed by atoms with Gasteiger partial charge in [-0.05, 0) is 56.8 Å². The van der Waals surface area contributed by atoms with Gasteiger partial charge in [-0.25, -0.2) is 0 Å². The zero-order chi connectivity index (χ0) is 20.0. The molecule has 2 fully saturated rings. The Bertz CT molecular complexity index is 977. The number of likely N-dealkylation sites (N-methyl/N-ethyl adjacent to an activating group) is 1. The zero-order valence-electron chi connectivity index (χ0n) is 17.3. The molecule has 0 N–H and O–H groups in total. The lowest BCUT2D eigenvalue weighted by Gasteiger charge is -2.42. The van der Waals surface area contributed by atoms with Crippen LogP contribution >= 0.6 is 0 Å². The smallest absolute Gasteiger partial charge is 0.142 e. The van der Waals surface area contributed by atoms with Crippen molar-refractivity contribution in [3.05, 3.63) is 71.5 Å². The minimum absolute atomic E-state index is 0.318. The Labute approximate surface area is 172 Å². The maximum Gasteiger partial charge on any atom is 0.142 e. The minimum atomic E-state index is 0.318. The third-order valence-electron chi connectivity index (χ3n) is 7.02. The number of hydrogen-bond donors (Lipinski definition) is 0. The summed E-state index contributed by atoms with van der Waals surface area (Å²) in [5.41, 5.74) is 4.66. The summed E-state index contributed by atoms with van der Waals surface area (Å²) in [5.74, 6) is 2.67. The molecule has 1 aromatic heterocycles. The van der Waals surface area contributed by atoms with Crippen LogP contribution in [-0.2, 0) is 0 Å². The molecule has 2 bridgehead atoms. The van der Waals surface area contributed by atoms with Gasteiger partial charge in [0.25, 0.3) is 0 Å². The number of hydrogen-bond acceptors (Lipinski definition) is 4. The van der Waals surface area contributed by atoms with Crippen LogP contribution < -0.4 is 4.74 Å². The topological polar surface area (TPSA) is 38.5 Å². The summed E-state index contributed by atoms with van der Waals surface area (Å²) in [6, 6.07) is 20.4. The van der Waals surface area contributed by atoms with Crippen LogP contribution in [0.1, 0.15) is 48.0 Å². The second-order valence-corrected chi connectivity index (χ2v) is 8.59. The molecule has 3 aromatic rings. The molecule has 2 aromatic carbocycles. The molecule has 0 saturated carbocycles. The van der Waals surface area contributed by atoms with Crippen molar-refractivity contribution >= 4 is 0 Å². The van der Waals surface area contributed by atoms with Crippen molar-refractivity contribution in [2.75, 3.05) is 14.2 Å². The van der Waals surface area contributed by atoms with Crippen LogP contribution in [-0.4, -0.2) is 36.3 Å². The normalized spacial score (nSPS) is 26.6. The molecule has 4 atom stereocenters. The first-order valence-electron chi connectivity index (χ1n) is 10.5. The van der Waals surface area contributed by atoms with Gasteiger partial charge in [0.2, 0.25) is 0 Å². The number of rotatable bonds is 4. The summed E-state index contributed by atoms with van der Waals surface area (Å²) in [4.78, 5) is 2.57. The second-order valence-electron chi connectivity index (χ2n) is 8.59. The van der Waals surface area contributed by atoms with Crippen LogP contribution in [0.3, 0.4) is 0 Å². The van der Waals surface area contributed by atoms with Crippen molar-refractivity contribution in [2.24, 2.45) is 0 Å². The zero-order valence-corrected chi connectivity index (χ0v) is 17.3. The average molecular weight is 389 g/mol. The summed E-state index contributed by atoms with van der Waals surface area (Å²) in [7, 11) is 3.99. The molecule has 0 radical (unpaired) electrons. The fourth-order valence-electron chi connectivity index (χ4n) is 5.36. The number of piperidine rings is 1. The molecule has 2 aliphatic rings. The van der Waals surface area contributed by atoms with Crippen LogP contribution in [0.15, 0.2) is 59.1 Å². The lowest BCUT2D eigenvalue weighted by atomic mass is 9.75. The number of fused-ring (bicyclic) bond motifs is 2. The van der Waals surface area contributed by atoms with E-state index in [9.17, 15) is 0 Å². The first-order valence-corrected chi connectivity index (χ1v) is 10.5. The van der Waals surface area contributed by atoms with E-state index in [0.29, 0.717) is 23.9 Å². The lowest BCUT2D eigenvalue weighted by Crippen LogP contribution is -2.44. The number of benzene rings is 2. The van der Waals surface area contributed by atoms with Gasteiger partial charge in [-0.15, -0.1) is 0 Å². The molecule has 0 spiro atoms. The molecule has 4 nitrogen and oxygen atoms in total. The molecule has 5 rings (SSSR count). The summed E-state index contributed by atoms with van der Waals surface area (Å²) in [5, 5.41) is 4.44. The van der Waals surface area contributed by atoms with E-state index in [4.69, 9.17) is 9.26 Å². The molecule has 0 unspecified atom stereocenters. The van der Waals surface area contributed by atoms with Crippen LogP contribution in [0.5, 0.6) is 5.75 Å². The predicted octanol–water partition coefficient (Wildman–Crippen LogP) is 5.39. The largest absolute Gasteiger partial charge is 0.497 e. The van der Waals surface area contributed by atoms with E-state index < -0.39 is 0 Å². The van der Waals surface area contributed by atoms with Crippen LogP contribution in [0.4, 0.5) is 0 Å². The molecule has 2 aliphatic heterocycles. The Kier molecular flexibility index (Phi) is 4.67. The quantitative estimate of drug-likeness (QED) is 0.600. The number of aryl methyl sites for hydroxylation is 1. The maximum absolute atomic E-state index is 5.98. The lowest BCUT2D eigenvalue weighted by molar-refractivity contribution is 0.122. The molecule has 2 saturated heterocycles. The Morgan fingerprint density at radius 1 is 1.03 bits per heavy atom. The van der Waals surface area contributed by atoms with E-state index in [2.05, 4.69) is 78.6 Å². The average Bonchev–Trinajstić information content (AvgIpc) is 3.31. The number of methoxy groups -OCH3 is 1. The summed E-state index contributed by atoms with van der Waals surface area (Å²) < 4.78 is 11.3. The third-order valence-corrected chi connectivity index (χ3v) is 7.02. The van der Waals surface area contributed by atoms with E-state index in [1.807, 2.05) is 0 Å². The van der Waals surface area contributed by atoms with E-state index in [1.165, 1.54) is 24.0 Å². The molecular formula is C25H28N2O2. The third kappa shape index (κ3) is 3.25. The van der Waals surface area contributed by atoms with Gasteiger partial charge in [-0.3, -0.25) is 4.90 Å². The van der Waals surface area contributed by atoms with Crippen molar-refractivity contribution in [1.29, 1.82) is 0 Å². The highest BCUT2D eigenvalue weighted by molar-refractivity contribution is 5.59. The molecule has 4 heteroatoms. The summed E-state index contributed by atoms with van der Waals surface area (Å²) in [6.45, 7) is 2.10. The highest BCUT2D eigenvalue weighted by atomic mass is 16.5. The van der Waals surface area contributed by atoms with Gasteiger partial charge < -0.3 is 9.26 Å². The second kappa shape index (κ2) is 7.34. The van der Waals surface area contributed by atoms with E-state index in [1.54, 1.807) is 7.11 Å². The summed E-state index contributed by atoms with van der Waals surface area (Å²) in [6.07, 6.45) is 3.65. The Morgan fingerprint density at radius 2 is 1.79 bits per heavy atom. The monoisotopic (exact) mass is 388 g/mol. The SMILES string of the molecule is COc1ccc([C@H]2C[C@@H]3CC[C@H]([C@H]2c2cc(-c4ccc(C)cc4)no2)N3C)cc1. The number of nitrogens with zero attached hydrogens (tertiary/aromatic N) is 2. The fourth-order valence-corrected chi connectivity index (χ4v) is 5.36. The fraction of sp³-hybridized carbons (Fsp3) is 0.400. The van der Waals surface area contributed by atoms with Crippen molar-refractivity contribution in [3.63, 3.8) is 0 Å². The Morgan fingerprint density at radius 3 is 2.52 bits per heavy atom. The van der Waals surface area contributed by atoms with E-state index in [0.717, 1.165) is 29.2 Å². The highest BCUT2D eigenvalue weighted by Gasteiger charge is 2.48. The van der Waals surface area contributed by atoms with Crippen LogP contribution in [0, 0.1) is 6.92 Å². The molecule has 29 heavy (non-hydrogen) atoms. The Hall–Kier alpha value is -2.59. The maximum atomic E-state index is 5.98. The molecule has 0 amide bonds. The van der Waals surface area contributed by atoms with Crippen LogP contribution in [0.25, 0.3) is 11.3 Å². The standard InChI is InChI=1S/C25H28N2O2/c1-16-4-6-18(7-5-16)22-15-24(29-26-22)25-21(14-19-10-13-23(25)27(19)2)17-8-11-20(28-3)12-9-17/h4-9,11-12,15,19,21,23,25H,10,13-14H2,1-3H3/t19-,21+,23+,25-/m0/s1. The molecule has 0 aliphatic carbocycles. The van der Waals surface area contributed by atoms with Gasteiger partial charge >= 0.3 is 0 Å². The van der Waals surface area contributed by atoms with Gasteiger partial charge in [0.15, 0.2) is 0 Å².